The molecule has 0 saturated heterocycles. The molecule has 1 aromatic heterocycles. The van der Waals surface area contributed by atoms with E-state index in [-0.39, 0.29) is 0 Å². The van der Waals surface area contributed by atoms with Crippen molar-refractivity contribution in [3.8, 4) is 0 Å². The zero-order chi connectivity index (χ0) is 13.0. The lowest BCUT2D eigenvalue weighted by molar-refractivity contribution is 0.0608. The van der Waals surface area contributed by atoms with Crippen LogP contribution >= 0.6 is 11.6 Å². The molecule has 0 bridgehead atoms. The van der Waals surface area contributed by atoms with Gasteiger partial charge in [0.15, 0.2) is 0 Å². The molecule has 2 rings (SSSR count). The quantitative estimate of drug-likeness (QED) is 0.916. The number of rotatable bonds is 4. The van der Waals surface area contributed by atoms with Gasteiger partial charge < -0.3 is 5.11 Å². The van der Waals surface area contributed by atoms with Gasteiger partial charge in [-0.1, -0.05) is 41.9 Å². The molecule has 1 unspecified atom stereocenters. The van der Waals surface area contributed by atoms with Gasteiger partial charge in [-0.3, -0.25) is 4.98 Å². The van der Waals surface area contributed by atoms with E-state index in [1.54, 1.807) is 12.4 Å². The van der Waals surface area contributed by atoms with E-state index >= 15 is 0 Å². The average molecular weight is 262 g/mol. The van der Waals surface area contributed by atoms with Crippen LogP contribution in [0.5, 0.6) is 0 Å². The zero-order valence-electron chi connectivity index (χ0n) is 10.3. The van der Waals surface area contributed by atoms with Gasteiger partial charge >= 0.3 is 0 Å². The Bertz CT molecular complexity index is 511. The Balaban J connectivity index is 2.10. The topological polar surface area (TPSA) is 33.1 Å². The summed E-state index contributed by atoms with van der Waals surface area (Å²) in [5, 5.41) is 11.1. The normalized spacial score (nSPS) is 14.2. The predicted molar refractivity (Wildman–Crippen MR) is 73.7 cm³/mol. The number of hydrogen-bond donors (Lipinski definition) is 1. The number of hydrogen-bond acceptors (Lipinski definition) is 2. The first kappa shape index (κ1) is 13.1. The van der Waals surface area contributed by atoms with Crippen LogP contribution < -0.4 is 0 Å². The Hall–Kier alpha value is -1.38. The summed E-state index contributed by atoms with van der Waals surface area (Å²) in [5.74, 6) is 0. The summed E-state index contributed by atoms with van der Waals surface area (Å²) in [6.07, 6.45) is 4.42. The summed E-state index contributed by atoms with van der Waals surface area (Å²) in [6.45, 7) is 1.83. The maximum absolute atomic E-state index is 10.5. The van der Waals surface area contributed by atoms with Crippen LogP contribution in [0.2, 0.25) is 5.02 Å². The third-order valence-corrected chi connectivity index (χ3v) is 3.20. The number of halogens is 1. The molecule has 1 heterocycles. The van der Waals surface area contributed by atoms with Gasteiger partial charge in [-0.05, 0) is 24.1 Å². The van der Waals surface area contributed by atoms with Gasteiger partial charge in [-0.2, -0.15) is 0 Å². The first-order chi connectivity index (χ1) is 8.57. The molecule has 1 aromatic carbocycles. The second-order valence-corrected chi connectivity index (χ2v) is 5.21. The third kappa shape index (κ3) is 3.56. The molecule has 0 radical (unpaired) electrons. The summed E-state index contributed by atoms with van der Waals surface area (Å²) in [5.41, 5.74) is 1.23. The van der Waals surface area contributed by atoms with Crippen LogP contribution in [0.25, 0.3) is 0 Å². The second kappa shape index (κ2) is 5.51. The minimum atomic E-state index is -0.813. The SMILES string of the molecule is CC(O)(Cc1ccccc1)Cc1ccncc1Cl. The molecule has 0 amide bonds. The number of pyridine rings is 1. The predicted octanol–water partition coefficient (Wildman–Crippen LogP) is 3.27. The Morgan fingerprint density at radius 3 is 2.56 bits per heavy atom. The lowest BCUT2D eigenvalue weighted by Gasteiger charge is -2.24. The molecule has 0 fully saturated rings. The third-order valence-electron chi connectivity index (χ3n) is 2.86. The van der Waals surface area contributed by atoms with Crippen LogP contribution in [0, 0.1) is 0 Å². The molecule has 0 aliphatic carbocycles. The lowest BCUT2D eigenvalue weighted by Crippen LogP contribution is -2.30. The number of benzene rings is 1. The molecule has 0 spiro atoms. The van der Waals surface area contributed by atoms with Crippen LogP contribution in [0.4, 0.5) is 0 Å². The van der Waals surface area contributed by atoms with Crippen molar-refractivity contribution < 1.29 is 5.11 Å². The standard InChI is InChI=1S/C15H16ClNO/c1-15(18,9-12-5-3-2-4-6-12)10-13-7-8-17-11-14(13)16/h2-8,11,18H,9-10H2,1H3. The summed E-state index contributed by atoms with van der Waals surface area (Å²) in [4.78, 5) is 3.95. The van der Waals surface area contributed by atoms with Crippen molar-refractivity contribution in [2.45, 2.75) is 25.4 Å². The molecule has 94 valence electrons. The molecule has 1 atom stereocenters. The smallest absolute Gasteiger partial charge is 0.0700 e. The number of aliphatic hydroxyl groups is 1. The van der Waals surface area contributed by atoms with E-state index in [1.165, 1.54) is 0 Å². The summed E-state index contributed by atoms with van der Waals surface area (Å²) in [7, 11) is 0. The van der Waals surface area contributed by atoms with E-state index in [0.717, 1.165) is 11.1 Å². The number of nitrogens with zero attached hydrogens (tertiary/aromatic N) is 1. The van der Waals surface area contributed by atoms with Gasteiger partial charge in [0.1, 0.15) is 0 Å². The summed E-state index contributed by atoms with van der Waals surface area (Å²) < 4.78 is 0. The van der Waals surface area contributed by atoms with E-state index in [1.807, 2.05) is 43.3 Å². The van der Waals surface area contributed by atoms with Crippen LogP contribution in [0.3, 0.4) is 0 Å². The van der Waals surface area contributed by atoms with E-state index in [2.05, 4.69) is 4.98 Å². The minimum Gasteiger partial charge on any atom is -0.389 e. The fourth-order valence-electron chi connectivity index (χ4n) is 2.06. The van der Waals surface area contributed by atoms with Crippen LogP contribution in [-0.2, 0) is 12.8 Å². The molecule has 0 aliphatic heterocycles. The molecule has 2 aromatic rings. The van der Waals surface area contributed by atoms with Gasteiger partial charge in [-0.25, -0.2) is 0 Å². The van der Waals surface area contributed by atoms with Crippen molar-refractivity contribution in [1.29, 1.82) is 0 Å². The largest absolute Gasteiger partial charge is 0.389 e. The zero-order valence-corrected chi connectivity index (χ0v) is 11.1. The number of aromatic nitrogens is 1. The van der Waals surface area contributed by atoms with Crippen molar-refractivity contribution in [2.24, 2.45) is 0 Å². The van der Waals surface area contributed by atoms with E-state index in [0.29, 0.717) is 17.9 Å². The molecule has 18 heavy (non-hydrogen) atoms. The van der Waals surface area contributed by atoms with Crippen molar-refractivity contribution in [2.75, 3.05) is 0 Å². The Morgan fingerprint density at radius 2 is 1.89 bits per heavy atom. The highest BCUT2D eigenvalue weighted by molar-refractivity contribution is 6.31. The molecule has 0 aliphatic rings. The van der Waals surface area contributed by atoms with Crippen LogP contribution in [-0.4, -0.2) is 15.7 Å². The maximum atomic E-state index is 10.5. The molecule has 3 heteroatoms. The van der Waals surface area contributed by atoms with Crippen LogP contribution in [0.15, 0.2) is 48.8 Å². The Labute approximate surface area is 112 Å². The highest BCUT2D eigenvalue weighted by atomic mass is 35.5. The molecule has 0 saturated carbocycles. The van der Waals surface area contributed by atoms with Crippen molar-refractivity contribution in [1.82, 2.24) is 4.98 Å². The fourth-order valence-corrected chi connectivity index (χ4v) is 2.24. The first-order valence-electron chi connectivity index (χ1n) is 5.91. The molecular weight excluding hydrogens is 246 g/mol. The van der Waals surface area contributed by atoms with Crippen molar-refractivity contribution in [3.63, 3.8) is 0 Å². The monoisotopic (exact) mass is 261 g/mol. The average Bonchev–Trinajstić information content (AvgIpc) is 2.32. The summed E-state index contributed by atoms with van der Waals surface area (Å²) in [6, 6.07) is 11.8. The maximum Gasteiger partial charge on any atom is 0.0700 e. The van der Waals surface area contributed by atoms with Gasteiger partial charge in [0.25, 0.3) is 0 Å². The fraction of sp³-hybridized carbons (Fsp3) is 0.267. The van der Waals surface area contributed by atoms with Gasteiger partial charge in [0.2, 0.25) is 0 Å². The van der Waals surface area contributed by atoms with Gasteiger partial charge in [0.05, 0.1) is 10.6 Å². The molecule has 2 nitrogen and oxygen atoms in total. The van der Waals surface area contributed by atoms with Crippen LogP contribution in [0.1, 0.15) is 18.1 Å². The van der Waals surface area contributed by atoms with E-state index < -0.39 is 5.60 Å². The van der Waals surface area contributed by atoms with Gasteiger partial charge in [-0.15, -0.1) is 0 Å². The molecule has 1 N–H and O–H groups in total. The highest BCUT2D eigenvalue weighted by Gasteiger charge is 2.22. The Morgan fingerprint density at radius 1 is 1.17 bits per heavy atom. The van der Waals surface area contributed by atoms with Crippen molar-refractivity contribution in [3.05, 3.63) is 64.9 Å². The second-order valence-electron chi connectivity index (χ2n) is 4.80. The van der Waals surface area contributed by atoms with Crippen molar-refractivity contribution >= 4 is 11.6 Å². The first-order valence-corrected chi connectivity index (χ1v) is 6.29. The lowest BCUT2D eigenvalue weighted by atomic mass is 9.90. The van der Waals surface area contributed by atoms with E-state index in [4.69, 9.17) is 11.6 Å². The molecular formula is C15H16ClNO. The minimum absolute atomic E-state index is 0.517. The van der Waals surface area contributed by atoms with E-state index in [9.17, 15) is 5.11 Å². The van der Waals surface area contributed by atoms with Gasteiger partial charge in [0, 0.05) is 25.2 Å². The summed E-state index contributed by atoms with van der Waals surface area (Å²) >= 11 is 6.06. The Kier molecular flexibility index (Phi) is 4.00. The highest BCUT2D eigenvalue weighted by Crippen LogP contribution is 2.22.